The van der Waals surface area contributed by atoms with Crippen LogP contribution in [0.25, 0.3) is 11.0 Å². The minimum absolute atomic E-state index is 0.0797. The molecule has 0 spiro atoms. The Morgan fingerprint density at radius 1 is 1.47 bits per heavy atom. The molecular weight excluding hydrogens is 224 g/mol. The molecule has 88 valence electrons. The van der Waals surface area contributed by atoms with Gasteiger partial charge in [0.2, 0.25) is 0 Å². The van der Waals surface area contributed by atoms with Crippen molar-refractivity contribution in [3.8, 4) is 6.07 Å². The highest BCUT2D eigenvalue weighted by atomic mass is 19.3. The van der Waals surface area contributed by atoms with Gasteiger partial charge in [-0.25, -0.2) is 13.8 Å². The molecule has 0 aliphatic heterocycles. The maximum Gasteiger partial charge on any atom is 0.274 e. The first kappa shape index (κ1) is 11.5. The van der Waals surface area contributed by atoms with Gasteiger partial charge in [0.15, 0.2) is 0 Å². The van der Waals surface area contributed by atoms with E-state index in [0.29, 0.717) is 16.9 Å². The number of halogens is 2. The number of aromatic nitrogens is 2. The lowest BCUT2D eigenvalue weighted by atomic mass is 10.0. The predicted molar refractivity (Wildman–Crippen MR) is 59.6 cm³/mol. The molecule has 17 heavy (non-hydrogen) atoms. The van der Waals surface area contributed by atoms with Crippen LogP contribution < -0.4 is 0 Å². The van der Waals surface area contributed by atoms with Gasteiger partial charge >= 0.3 is 0 Å². The molecule has 1 N–H and O–H groups in total. The summed E-state index contributed by atoms with van der Waals surface area (Å²) < 4.78 is 27.4. The van der Waals surface area contributed by atoms with Crippen LogP contribution in [0.5, 0.6) is 0 Å². The van der Waals surface area contributed by atoms with E-state index < -0.39 is 12.3 Å². The molecule has 1 aromatic carbocycles. The van der Waals surface area contributed by atoms with Gasteiger partial charge in [0, 0.05) is 18.4 Å². The Labute approximate surface area is 97.1 Å². The van der Waals surface area contributed by atoms with Crippen LogP contribution in [0.15, 0.2) is 18.2 Å². The molecule has 1 aromatic heterocycles. The zero-order chi connectivity index (χ0) is 12.5. The molecule has 2 aromatic rings. The summed E-state index contributed by atoms with van der Waals surface area (Å²) in [5.41, 5.74) is 1.18. The van der Waals surface area contributed by atoms with Crippen LogP contribution in [0.2, 0.25) is 0 Å². The number of rotatable bonds is 3. The van der Waals surface area contributed by atoms with Crippen molar-refractivity contribution in [3.63, 3.8) is 0 Å². The van der Waals surface area contributed by atoms with E-state index in [-0.39, 0.29) is 12.0 Å². The van der Waals surface area contributed by atoms with Gasteiger partial charge in [-0.15, -0.1) is 0 Å². The van der Waals surface area contributed by atoms with Crippen molar-refractivity contribution in [1.82, 2.24) is 9.97 Å². The molecule has 1 heterocycles. The van der Waals surface area contributed by atoms with E-state index in [1.807, 2.05) is 0 Å². The summed E-state index contributed by atoms with van der Waals surface area (Å²) in [7, 11) is 0. The number of aromatic amines is 1. The normalized spacial score (nSPS) is 11.6. The van der Waals surface area contributed by atoms with E-state index in [4.69, 9.17) is 5.26 Å². The number of nitrogens with zero attached hydrogens (tertiary/aromatic N) is 2. The molecule has 0 saturated carbocycles. The highest BCUT2D eigenvalue weighted by Crippen LogP contribution is 2.33. The standard InChI is InChI=1S/C12H11F2N3/c1-8-16-10-4-3-9(7-11(10)17-8)12(13,14)5-2-6-15/h3-4,7H,2,5H2,1H3,(H,16,17). The monoisotopic (exact) mass is 235 g/mol. The number of benzene rings is 1. The van der Waals surface area contributed by atoms with Crippen LogP contribution in [0.1, 0.15) is 24.2 Å². The molecule has 0 amide bonds. The summed E-state index contributed by atoms with van der Waals surface area (Å²) in [6, 6.07) is 6.06. The topological polar surface area (TPSA) is 52.5 Å². The van der Waals surface area contributed by atoms with Crippen molar-refractivity contribution in [2.75, 3.05) is 0 Å². The van der Waals surface area contributed by atoms with Crippen molar-refractivity contribution in [2.45, 2.75) is 25.7 Å². The highest BCUT2D eigenvalue weighted by Gasteiger charge is 2.31. The van der Waals surface area contributed by atoms with E-state index in [0.717, 1.165) is 0 Å². The molecule has 0 bridgehead atoms. The summed E-state index contributed by atoms with van der Waals surface area (Å²) in [5, 5.41) is 8.35. The van der Waals surface area contributed by atoms with Crippen LogP contribution in [-0.2, 0) is 5.92 Å². The lowest BCUT2D eigenvalue weighted by Crippen LogP contribution is -2.12. The number of alkyl halides is 2. The molecule has 0 radical (unpaired) electrons. The van der Waals surface area contributed by atoms with Crippen LogP contribution in [0.3, 0.4) is 0 Å². The Bertz CT molecular complexity index is 581. The molecule has 0 aliphatic rings. The molecular formula is C12H11F2N3. The van der Waals surface area contributed by atoms with Crippen molar-refractivity contribution >= 4 is 11.0 Å². The molecule has 3 nitrogen and oxygen atoms in total. The van der Waals surface area contributed by atoms with Gasteiger partial charge in [0.05, 0.1) is 17.1 Å². The zero-order valence-corrected chi connectivity index (χ0v) is 9.30. The lowest BCUT2D eigenvalue weighted by Gasteiger charge is -2.14. The van der Waals surface area contributed by atoms with E-state index in [9.17, 15) is 8.78 Å². The maximum absolute atomic E-state index is 13.7. The first-order valence-electron chi connectivity index (χ1n) is 5.24. The average Bonchev–Trinajstić information content (AvgIpc) is 2.65. The van der Waals surface area contributed by atoms with Gasteiger partial charge in [-0.05, 0) is 19.1 Å². The van der Waals surface area contributed by atoms with Crippen LogP contribution in [0, 0.1) is 18.3 Å². The van der Waals surface area contributed by atoms with Gasteiger partial charge in [0.1, 0.15) is 5.82 Å². The van der Waals surface area contributed by atoms with E-state index in [2.05, 4.69) is 9.97 Å². The van der Waals surface area contributed by atoms with E-state index >= 15 is 0 Å². The number of nitrogens with one attached hydrogen (secondary N) is 1. The number of fused-ring (bicyclic) bond motifs is 1. The maximum atomic E-state index is 13.7. The Balaban J connectivity index is 2.38. The van der Waals surface area contributed by atoms with E-state index in [1.165, 1.54) is 12.1 Å². The van der Waals surface area contributed by atoms with E-state index in [1.54, 1.807) is 19.1 Å². The van der Waals surface area contributed by atoms with Crippen LogP contribution in [-0.4, -0.2) is 9.97 Å². The second kappa shape index (κ2) is 4.13. The molecule has 0 fully saturated rings. The molecule has 0 unspecified atom stereocenters. The molecule has 0 aliphatic carbocycles. The van der Waals surface area contributed by atoms with Crippen LogP contribution in [0.4, 0.5) is 8.78 Å². The van der Waals surface area contributed by atoms with Gasteiger partial charge in [-0.3, -0.25) is 0 Å². The fraction of sp³-hybridized carbons (Fsp3) is 0.333. The smallest absolute Gasteiger partial charge is 0.274 e. The first-order chi connectivity index (χ1) is 8.03. The van der Waals surface area contributed by atoms with Crippen molar-refractivity contribution in [2.24, 2.45) is 0 Å². The van der Waals surface area contributed by atoms with Crippen molar-refractivity contribution < 1.29 is 8.78 Å². The fourth-order valence-electron chi connectivity index (χ4n) is 1.72. The Hall–Kier alpha value is -1.96. The zero-order valence-electron chi connectivity index (χ0n) is 9.30. The summed E-state index contributed by atoms with van der Waals surface area (Å²) >= 11 is 0. The van der Waals surface area contributed by atoms with Gasteiger partial charge in [0.25, 0.3) is 5.92 Å². The Kier molecular flexibility index (Phi) is 2.80. The number of aryl methyl sites for hydroxylation is 1. The predicted octanol–water partition coefficient (Wildman–Crippen LogP) is 3.27. The number of nitriles is 1. The third-order valence-electron chi connectivity index (χ3n) is 2.57. The highest BCUT2D eigenvalue weighted by molar-refractivity contribution is 5.76. The first-order valence-corrected chi connectivity index (χ1v) is 5.24. The third kappa shape index (κ3) is 2.26. The Morgan fingerprint density at radius 2 is 2.24 bits per heavy atom. The van der Waals surface area contributed by atoms with Gasteiger partial charge < -0.3 is 4.98 Å². The second-order valence-corrected chi connectivity index (χ2v) is 3.92. The number of H-pyrrole nitrogens is 1. The quantitative estimate of drug-likeness (QED) is 0.887. The van der Waals surface area contributed by atoms with Gasteiger partial charge in [-0.1, -0.05) is 6.07 Å². The SMILES string of the molecule is Cc1nc2ccc(C(F)(F)CCC#N)cc2[nH]1. The largest absolute Gasteiger partial charge is 0.342 e. The Morgan fingerprint density at radius 3 is 2.94 bits per heavy atom. The van der Waals surface area contributed by atoms with Crippen LogP contribution >= 0.6 is 0 Å². The number of imidazole rings is 1. The number of hydrogen-bond acceptors (Lipinski definition) is 2. The minimum Gasteiger partial charge on any atom is -0.342 e. The summed E-state index contributed by atoms with van der Waals surface area (Å²) in [6.45, 7) is 1.77. The molecule has 2 rings (SSSR count). The second-order valence-electron chi connectivity index (χ2n) is 3.92. The summed E-state index contributed by atoms with van der Waals surface area (Å²) in [4.78, 5) is 7.06. The molecule has 0 saturated heterocycles. The molecule has 0 atom stereocenters. The summed E-state index contributed by atoms with van der Waals surface area (Å²) in [5.74, 6) is -2.28. The third-order valence-corrected chi connectivity index (χ3v) is 2.57. The molecule has 5 heteroatoms. The van der Waals surface area contributed by atoms with Crippen molar-refractivity contribution in [1.29, 1.82) is 5.26 Å². The minimum atomic E-state index is -2.97. The lowest BCUT2D eigenvalue weighted by molar-refractivity contribution is -0.0118. The van der Waals surface area contributed by atoms with Crippen molar-refractivity contribution in [3.05, 3.63) is 29.6 Å². The van der Waals surface area contributed by atoms with Gasteiger partial charge in [-0.2, -0.15) is 5.26 Å². The fourth-order valence-corrected chi connectivity index (χ4v) is 1.72. The summed E-state index contributed by atoms with van der Waals surface area (Å²) in [6.07, 6.45) is -0.616. The number of hydrogen-bond donors (Lipinski definition) is 1. The average molecular weight is 235 g/mol.